The quantitative estimate of drug-likeness (QED) is 0.0268. The van der Waals surface area contributed by atoms with Crippen LogP contribution in [-0.4, -0.2) is 37.2 Å². The first-order valence-corrected chi connectivity index (χ1v) is 22.5. The molecule has 0 aliphatic heterocycles. The van der Waals surface area contributed by atoms with Gasteiger partial charge >= 0.3 is 17.9 Å². The van der Waals surface area contributed by atoms with Crippen LogP contribution in [-0.2, 0) is 28.6 Å². The molecule has 0 heterocycles. The van der Waals surface area contributed by atoms with Gasteiger partial charge in [-0.2, -0.15) is 0 Å². The van der Waals surface area contributed by atoms with Crippen molar-refractivity contribution in [2.45, 2.75) is 175 Å². The number of esters is 3. The van der Waals surface area contributed by atoms with Crippen molar-refractivity contribution in [3.05, 3.63) is 122 Å². The summed E-state index contributed by atoms with van der Waals surface area (Å²) in [6.45, 7) is 6.19. The molecule has 0 bridgehead atoms. The zero-order valence-corrected chi connectivity index (χ0v) is 36.8. The molecule has 0 amide bonds. The Morgan fingerprint density at radius 1 is 0.362 bits per heavy atom. The van der Waals surface area contributed by atoms with Crippen LogP contribution in [0.4, 0.5) is 0 Å². The second-order valence-electron chi connectivity index (χ2n) is 14.2. The van der Waals surface area contributed by atoms with Crippen LogP contribution >= 0.6 is 0 Å². The third kappa shape index (κ3) is 42.9. The van der Waals surface area contributed by atoms with E-state index in [0.717, 1.165) is 103 Å². The number of carbonyl (C=O) groups is 3. The van der Waals surface area contributed by atoms with Crippen molar-refractivity contribution in [3.63, 3.8) is 0 Å². The van der Waals surface area contributed by atoms with Crippen LogP contribution in [0.15, 0.2) is 122 Å². The van der Waals surface area contributed by atoms with Crippen molar-refractivity contribution in [2.75, 3.05) is 13.2 Å². The van der Waals surface area contributed by atoms with E-state index in [1.165, 1.54) is 12.8 Å². The normalized spacial score (nSPS) is 13.2. The molecular weight excluding hydrogens is 721 g/mol. The molecule has 0 rings (SSSR count). The van der Waals surface area contributed by atoms with Gasteiger partial charge in [0.15, 0.2) is 6.10 Å². The maximum absolute atomic E-state index is 12.7. The van der Waals surface area contributed by atoms with Gasteiger partial charge in [-0.15, -0.1) is 0 Å². The van der Waals surface area contributed by atoms with Crippen molar-refractivity contribution < 1.29 is 28.6 Å². The molecule has 0 spiro atoms. The zero-order valence-electron chi connectivity index (χ0n) is 36.8. The van der Waals surface area contributed by atoms with E-state index < -0.39 is 12.1 Å². The lowest BCUT2D eigenvalue weighted by molar-refractivity contribution is -0.166. The van der Waals surface area contributed by atoms with E-state index in [-0.39, 0.29) is 38.0 Å². The molecule has 6 nitrogen and oxygen atoms in total. The maximum Gasteiger partial charge on any atom is 0.306 e. The van der Waals surface area contributed by atoms with Crippen LogP contribution in [0.5, 0.6) is 0 Å². The molecule has 0 aromatic rings. The summed E-state index contributed by atoms with van der Waals surface area (Å²) < 4.78 is 16.5. The Labute approximate surface area is 354 Å². The average molecular weight is 801 g/mol. The molecule has 324 valence electrons. The Bertz CT molecular complexity index is 1290. The van der Waals surface area contributed by atoms with Gasteiger partial charge in [-0.3, -0.25) is 14.4 Å². The van der Waals surface area contributed by atoms with Crippen LogP contribution in [0.25, 0.3) is 0 Å². The molecule has 0 N–H and O–H groups in total. The van der Waals surface area contributed by atoms with E-state index >= 15 is 0 Å². The maximum atomic E-state index is 12.7. The molecule has 0 aromatic heterocycles. The van der Waals surface area contributed by atoms with E-state index in [9.17, 15) is 14.4 Å². The number of hydrogen-bond acceptors (Lipinski definition) is 6. The van der Waals surface area contributed by atoms with Crippen molar-refractivity contribution in [1.82, 2.24) is 0 Å². The van der Waals surface area contributed by atoms with Crippen molar-refractivity contribution in [2.24, 2.45) is 0 Å². The molecule has 1 atom stereocenters. The largest absolute Gasteiger partial charge is 0.462 e. The van der Waals surface area contributed by atoms with E-state index in [4.69, 9.17) is 14.2 Å². The van der Waals surface area contributed by atoms with E-state index in [1.54, 1.807) is 0 Å². The van der Waals surface area contributed by atoms with Gasteiger partial charge in [-0.25, -0.2) is 0 Å². The van der Waals surface area contributed by atoms with Crippen molar-refractivity contribution >= 4 is 17.9 Å². The minimum absolute atomic E-state index is 0.132. The highest BCUT2D eigenvalue weighted by atomic mass is 16.6. The second kappa shape index (κ2) is 45.5. The third-order valence-electron chi connectivity index (χ3n) is 8.69. The summed E-state index contributed by atoms with van der Waals surface area (Å²) in [5.74, 6) is -1.10. The highest BCUT2D eigenvalue weighted by molar-refractivity contribution is 5.71. The number of ether oxygens (including phenoxy) is 3. The van der Waals surface area contributed by atoms with Crippen LogP contribution in [0.2, 0.25) is 0 Å². The summed E-state index contributed by atoms with van der Waals surface area (Å²) in [5.41, 5.74) is 0. The lowest BCUT2D eigenvalue weighted by atomic mass is 10.1. The molecule has 58 heavy (non-hydrogen) atoms. The smallest absolute Gasteiger partial charge is 0.306 e. The first-order valence-electron chi connectivity index (χ1n) is 22.5. The lowest BCUT2D eigenvalue weighted by Gasteiger charge is -2.18. The van der Waals surface area contributed by atoms with E-state index in [0.29, 0.717) is 19.3 Å². The second-order valence-corrected chi connectivity index (χ2v) is 14.2. The summed E-state index contributed by atoms with van der Waals surface area (Å²) in [6.07, 6.45) is 62.1. The molecule has 0 saturated heterocycles. The Morgan fingerprint density at radius 2 is 0.724 bits per heavy atom. The minimum atomic E-state index is -0.840. The summed E-state index contributed by atoms with van der Waals surface area (Å²) >= 11 is 0. The Hall–Kier alpha value is -4.19. The molecule has 0 fully saturated rings. The predicted molar refractivity (Wildman–Crippen MR) is 246 cm³/mol. The molecule has 0 radical (unpaired) electrons. The number of unbranched alkanes of at least 4 members (excludes halogenated alkanes) is 7. The minimum Gasteiger partial charge on any atom is -0.462 e. The molecular formula is C52H80O6. The third-order valence-corrected chi connectivity index (χ3v) is 8.69. The topological polar surface area (TPSA) is 78.9 Å². The predicted octanol–water partition coefficient (Wildman–Crippen LogP) is 14.6. The monoisotopic (exact) mass is 801 g/mol. The Kier molecular flexibility index (Phi) is 42.2. The number of hydrogen-bond donors (Lipinski definition) is 0. The summed E-state index contributed by atoms with van der Waals surface area (Å²) in [4.78, 5) is 37.6. The molecule has 0 saturated carbocycles. The van der Waals surface area contributed by atoms with Gasteiger partial charge in [0, 0.05) is 19.3 Å². The number of rotatable bonds is 38. The van der Waals surface area contributed by atoms with Crippen LogP contribution in [0.1, 0.15) is 168 Å². The van der Waals surface area contributed by atoms with Gasteiger partial charge in [0.1, 0.15) is 13.2 Å². The number of carbonyl (C=O) groups excluding carboxylic acids is 3. The van der Waals surface area contributed by atoms with Crippen molar-refractivity contribution in [3.8, 4) is 0 Å². The van der Waals surface area contributed by atoms with Crippen molar-refractivity contribution in [1.29, 1.82) is 0 Å². The first kappa shape index (κ1) is 53.8. The fourth-order valence-electron chi connectivity index (χ4n) is 5.35. The SMILES string of the molecule is CC/C=C\C/C=C\C/C=C\C/C=C\C/C=C\C/C=C\CCC(=O)OCC(COC(=O)CCCCCC/C=C\CCCC)OC(=O)CCC/C=C\C/C=C\C/C=C\CC. The van der Waals surface area contributed by atoms with Gasteiger partial charge in [0.05, 0.1) is 0 Å². The lowest BCUT2D eigenvalue weighted by Crippen LogP contribution is -2.30. The van der Waals surface area contributed by atoms with E-state index in [2.05, 4.69) is 130 Å². The van der Waals surface area contributed by atoms with Gasteiger partial charge in [0.2, 0.25) is 0 Å². The Morgan fingerprint density at radius 3 is 1.21 bits per heavy atom. The van der Waals surface area contributed by atoms with Crippen LogP contribution < -0.4 is 0 Å². The van der Waals surface area contributed by atoms with Gasteiger partial charge in [-0.1, -0.05) is 168 Å². The molecule has 0 aliphatic rings. The molecule has 0 aliphatic carbocycles. The summed E-state index contributed by atoms with van der Waals surface area (Å²) in [6, 6.07) is 0. The molecule has 0 aromatic carbocycles. The first-order chi connectivity index (χ1) is 28.5. The zero-order chi connectivity index (χ0) is 42.3. The molecule has 1 unspecified atom stereocenters. The number of allylic oxidation sites excluding steroid dienone is 20. The fraction of sp³-hybridized carbons (Fsp3) is 0.558. The average Bonchev–Trinajstić information content (AvgIpc) is 3.22. The van der Waals surface area contributed by atoms with Crippen LogP contribution in [0, 0.1) is 0 Å². The van der Waals surface area contributed by atoms with Gasteiger partial charge in [-0.05, 0) is 103 Å². The van der Waals surface area contributed by atoms with E-state index in [1.807, 2.05) is 12.2 Å². The standard InChI is InChI=1S/C52H80O6/c1-4-7-10-13-16-19-22-23-24-25-26-27-28-29-31-33-36-39-42-45-51(54)57-48-49(47-56-50(53)44-41-38-35-32-21-18-15-12-9-6-3)58-52(55)46-43-40-37-34-30-20-17-14-11-8-5-2/h7-8,10-11,15-20,23-24,26-27,29,31,34,36-37,39,49H,4-6,9,12-14,21-22,25,28,30,32-33,35,38,40-48H2,1-3H3/b10-7-,11-8-,18-15-,19-16-,20-17-,24-23-,27-26-,31-29-,37-34-,39-36-. The van der Waals surface area contributed by atoms with Gasteiger partial charge in [0.25, 0.3) is 0 Å². The summed E-state index contributed by atoms with van der Waals surface area (Å²) in [5, 5.41) is 0. The van der Waals surface area contributed by atoms with Gasteiger partial charge < -0.3 is 14.2 Å². The highest BCUT2D eigenvalue weighted by Gasteiger charge is 2.19. The molecule has 6 heteroatoms. The summed E-state index contributed by atoms with van der Waals surface area (Å²) in [7, 11) is 0. The fourth-order valence-corrected chi connectivity index (χ4v) is 5.35. The highest BCUT2D eigenvalue weighted by Crippen LogP contribution is 2.10. The Balaban J connectivity index is 4.56. The van der Waals surface area contributed by atoms with Crippen LogP contribution in [0.3, 0.4) is 0 Å².